The fraction of sp³-hybridized carbons (Fsp3) is 0.500. The van der Waals surface area contributed by atoms with Crippen molar-refractivity contribution in [1.29, 1.82) is 0 Å². The predicted molar refractivity (Wildman–Crippen MR) is 178 cm³/mol. The Hall–Kier alpha value is -4.16. The van der Waals surface area contributed by atoms with Crippen molar-refractivity contribution in [3.05, 3.63) is 77.3 Å². The van der Waals surface area contributed by atoms with E-state index < -0.39 is 0 Å². The molecule has 2 fully saturated rings. The van der Waals surface area contributed by atoms with Gasteiger partial charge in [0.25, 0.3) is 0 Å². The van der Waals surface area contributed by atoms with Gasteiger partial charge in [-0.25, -0.2) is 6.57 Å². The minimum Gasteiger partial charge on any atom is -0.461 e. The number of piperazine rings is 1. The first-order valence-electron chi connectivity index (χ1n) is 16.4. The molecule has 2 atom stereocenters. The van der Waals surface area contributed by atoms with Crippen LogP contribution in [-0.4, -0.2) is 78.4 Å². The number of anilines is 2. The molecule has 0 bridgehead atoms. The molecule has 9 nitrogen and oxygen atoms in total. The standard InChI is InChI=1S/C36H44N6O3/c1-5-33(43)42-20-19-41(22-28(42)21-37-4)35-30-17-18-40(32-16-10-13-27-12-9-11-25(2)34(27)32)23-31(30)38-36(39-35)44-24-26(3)45-29-14-7-6-8-15-29/h5,9-13,16,26,28-29H,1,6-8,14-15,17-24H2,2-3H3/t26-,28-/m0/s1. The molecule has 1 saturated heterocycles. The normalized spacial score (nSPS) is 19.6. The highest BCUT2D eigenvalue weighted by atomic mass is 16.5. The number of aromatic nitrogens is 2. The molecule has 2 aromatic carbocycles. The van der Waals surface area contributed by atoms with E-state index in [2.05, 4.69) is 71.5 Å². The molecule has 2 aliphatic heterocycles. The number of aryl methyl sites for hydroxylation is 1. The summed E-state index contributed by atoms with van der Waals surface area (Å²) in [5.41, 5.74) is 4.54. The minimum absolute atomic E-state index is 0.0668. The van der Waals surface area contributed by atoms with Gasteiger partial charge in [0.05, 0.1) is 24.4 Å². The van der Waals surface area contributed by atoms with Crippen LogP contribution in [-0.2, 0) is 22.5 Å². The number of hydrogen-bond donors (Lipinski definition) is 0. The monoisotopic (exact) mass is 608 g/mol. The van der Waals surface area contributed by atoms with E-state index in [1.54, 1.807) is 4.90 Å². The molecule has 1 amide bonds. The SMILES string of the molecule is [C-]#[N+]C[C@H]1CN(c2nc(OC[C@H](C)OC3CCCCC3)nc3c2CCN(c2cccc4cccc(C)c24)C3)CCN1C(=O)C=C. The zero-order valence-corrected chi connectivity index (χ0v) is 26.6. The fourth-order valence-corrected chi connectivity index (χ4v) is 7.17. The van der Waals surface area contributed by atoms with Crippen LogP contribution in [0.2, 0.25) is 0 Å². The number of fused-ring (bicyclic) bond motifs is 2. The molecule has 0 N–H and O–H groups in total. The highest BCUT2D eigenvalue weighted by Gasteiger charge is 2.35. The summed E-state index contributed by atoms with van der Waals surface area (Å²) in [5, 5.41) is 2.50. The van der Waals surface area contributed by atoms with Crippen molar-refractivity contribution in [2.45, 2.75) is 77.2 Å². The number of hydrogen-bond acceptors (Lipinski definition) is 7. The Balaban J connectivity index is 1.29. The number of carbonyl (C=O) groups excluding carboxylic acids is 1. The number of rotatable bonds is 9. The summed E-state index contributed by atoms with van der Waals surface area (Å²) in [6.07, 6.45) is 8.31. The first-order valence-corrected chi connectivity index (χ1v) is 16.4. The molecule has 0 unspecified atom stereocenters. The van der Waals surface area contributed by atoms with Crippen LogP contribution in [0, 0.1) is 13.5 Å². The molecule has 236 valence electrons. The quantitative estimate of drug-likeness (QED) is 0.227. The van der Waals surface area contributed by atoms with E-state index in [9.17, 15) is 4.79 Å². The van der Waals surface area contributed by atoms with Crippen LogP contribution in [0.4, 0.5) is 11.5 Å². The van der Waals surface area contributed by atoms with E-state index in [4.69, 9.17) is 26.0 Å². The van der Waals surface area contributed by atoms with E-state index in [1.165, 1.54) is 47.4 Å². The first-order chi connectivity index (χ1) is 21.9. The molecule has 0 spiro atoms. The lowest BCUT2D eigenvalue weighted by Gasteiger charge is -2.41. The van der Waals surface area contributed by atoms with E-state index in [0.717, 1.165) is 42.9 Å². The average Bonchev–Trinajstić information content (AvgIpc) is 3.07. The number of carbonyl (C=O) groups is 1. The smallest absolute Gasteiger partial charge is 0.318 e. The summed E-state index contributed by atoms with van der Waals surface area (Å²) < 4.78 is 12.6. The average molecular weight is 609 g/mol. The lowest BCUT2D eigenvalue weighted by Crippen LogP contribution is -2.56. The van der Waals surface area contributed by atoms with Crippen molar-refractivity contribution in [1.82, 2.24) is 14.9 Å². The summed E-state index contributed by atoms with van der Waals surface area (Å²) in [4.78, 5) is 32.6. The summed E-state index contributed by atoms with van der Waals surface area (Å²) in [5.74, 6) is 0.718. The molecule has 3 heterocycles. The Labute approximate surface area is 266 Å². The number of nitrogens with zero attached hydrogens (tertiary/aromatic N) is 6. The van der Waals surface area contributed by atoms with Gasteiger partial charge in [-0.15, -0.1) is 0 Å². The molecule has 9 heteroatoms. The molecule has 3 aliphatic rings. The maximum atomic E-state index is 12.6. The maximum Gasteiger partial charge on any atom is 0.318 e. The molecule has 0 radical (unpaired) electrons. The molecule has 6 rings (SSSR count). The largest absolute Gasteiger partial charge is 0.461 e. The van der Waals surface area contributed by atoms with Gasteiger partial charge in [0.1, 0.15) is 18.5 Å². The summed E-state index contributed by atoms with van der Waals surface area (Å²) in [6, 6.07) is 13.1. The fourth-order valence-electron chi connectivity index (χ4n) is 7.17. The zero-order chi connectivity index (χ0) is 31.3. The number of amides is 1. The van der Waals surface area contributed by atoms with Gasteiger partial charge in [0.15, 0.2) is 0 Å². The molecule has 1 saturated carbocycles. The summed E-state index contributed by atoms with van der Waals surface area (Å²) in [6.45, 7) is 19.2. The maximum absolute atomic E-state index is 12.6. The van der Waals surface area contributed by atoms with Gasteiger partial charge < -0.3 is 29.0 Å². The molecular formula is C36H44N6O3. The third-order valence-electron chi connectivity index (χ3n) is 9.42. The Morgan fingerprint density at radius 1 is 1.11 bits per heavy atom. The van der Waals surface area contributed by atoms with Crippen molar-refractivity contribution in [3.8, 4) is 6.01 Å². The Bertz CT molecular complexity index is 1570. The van der Waals surface area contributed by atoms with Crippen LogP contribution in [0.5, 0.6) is 6.01 Å². The van der Waals surface area contributed by atoms with Gasteiger partial charge in [-0.2, -0.15) is 9.97 Å². The third-order valence-corrected chi connectivity index (χ3v) is 9.42. The number of ether oxygens (including phenoxy) is 2. The Kier molecular flexibility index (Phi) is 9.50. The molecule has 45 heavy (non-hydrogen) atoms. The van der Waals surface area contributed by atoms with E-state index in [1.807, 2.05) is 0 Å². The van der Waals surface area contributed by atoms with Crippen molar-refractivity contribution in [2.24, 2.45) is 0 Å². The van der Waals surface area contributed by atoms with Gasteiger partial charge in [0, 0.05) is 42.8 Å². The second kappa shape index (κ2) is 13.9. The molecule has 3 aromatic rings. The summed E-state index contributed by atoms with van der Waals surface area (Å²) >= 11 is 0. The highest BCUT2D eigenvalue weighted by molar-refractivity contribution is 5.97. The van der Waals surface area contributed by atoms with Gasteiger partial charge in [-0.1, -0.05) is 56.2 Å². The summed E-state index contributed by atoms with van der Waals surface area (Å²) in [7, 11) is 0. The second-order valence-corrected chi connectivity index (χ2v) is 12.6. The Morgan fingerprint density at radius 2 is 1.91 bits per heavy atom. The van der Waals surface area contributed by atoms with Gasteiger partial charge in [-0.05, 0) is 56.2 Å². The Morgan fingerprint density at radius 3 is 2.69 bits per heavy atom. The van der Waals surface area contributed by atoms with Crippen molar-refractivity contribution >= 4 is 28.2 Å². The first kappa shape index (κ1) is 30.8. The topological polar surface area (TPSA) is 75.4 Å². The van der Waals surface area contributed by atoms with Crippen LogP contribution in [0.3, 0.4) is 0 Å². The van der Waals surface area contributed by atoms with E-state index in [0.29, 0.717) is 44.9 Å². The van der Waals surface area contributed by atoms with Gasteiger partial charge in [0.2, 0.25) is 12.5 Å². The minimum atomic E-state index is -0.237. The zero-order valence-electron chi connectivity index (χ0n) is 26.6. The third kappa shape index (κ3) is 6.76. The van der Waals surface area contributed by atoms with Crippen LogP contribution in [0.1, 0.15) is 55.8 Å². The van der Waals surface area contributed by atoms with Crippen molar-refractivity contribution < 1.29 is 14.3 Å². The second-order valence-electron chi connectivity index (χ2n) is 12.6. The van der Waals surface area contributed by atoms with Crippen molar-refractivity contribution in [3.63, 3.8) is 0 Å². The predicted octanol–water partition coefficient (Wildman–Crippen LogP) is 5.74. The van der Waals surface area contributed by atoms with Crippen LogP contribution < -0.4 is 14.5 Å². The number of benzene rings is 2. The molecular weight excluding hydrogens is 564 g/mol. The van der Waals surface area contributed by atoms with Gasteiger partial charge in [-0.3, -0.25) is 4.79 Å². The van der Waals surface area contributed by atoms with E-state index >= 15 is 0 Å². The van der Waals surface area contributed by atoms with Crippen LogP contribution in [0.25, 0.3) is 15.6 Å². The van der Waals surface area contributed by atoms with E-state index in [-0.39, 0.29) is 24.6 Å². The lowest BCUT2D eigenvalue weighted by atomic mass is 9.98. The molecule has 1 aromatic heterocycles. The highest BCUT2D eigenvalue weighted by Crippen LogP contribution is 2.36. The van der Waals surface area contributed by atoms with Crippen LogP contribution >= 0.6 is 0 Å². The van der Waals surface area contributed by atoms with Crippen molar-refractivity contribution in [2.75, 3.05) is 49.1 Å². The molecule has 1 aliphatic carbocycles. The lowest BCUT2D eigenvalue weighted by molar-refractivity contribution is -0.128. The van der Waals surface area contributed by atoms with Crippen LogP contribution in [0.15, 0.2) is 49.1 Å². The van der Waals surface area contributed by atoms with Gasteiger partial charge >= 0.3 is 6.01 Å².